The standard InChI is InChI=1S/C18H19ClF3N3O/c1-2-3-4-7-24-17(26)12-8-14(11-23-10-12)25-13-5-6-16(19)15(9-13)18(20,21)22/h5-6,8-11,25H,2-4,7H2,1H3,(H,24,26). The van der Waals surface area contributed by atoms with Crippen LogP contribution < -0.4 is 10.6 Å². The van der Waals surface area contributed by atoms with Gasteiger partial charge >= 0.3 is 6.18 Å². The molecule has 0 saturated carbocycles. The van der Waals surface area contributed by atoms with E-state index in [0.29, 0.717) is 17.8 Å². The van der Waals surface area contributed by atoms with Crippen LogP contribution in [0.1, 0.15) is 42.1 Å². The highest BCUT2D eigenvalue weighted by Gasteiger charge is 2.33. The lowest BCUT2D eigenvalue weighted by Crippen LogP contribution is -2.24. The summed E-state index contributed by atoms with van der Waals surface area (Å²) < 4.78 is 38.8. The highest BCUT2D eigenvalue weighted by atomic mass is 35.5. The van der Waals surface area contributed by atoms with Crippen LogP contribution in [0.25, 0.3) is 0 Å². The Bertz CT molecular complexity index is 766. The Morgan fingerprint density at radius 2 is 1.92 bits per heavy atom. The fourth-order valence-corrected chi connectivity index (χ4v) is 2.52. The quantitative estimate of drug-likeness (QED) is 0.626. The van der Waals surface area contributed by atoms with Gasteiger partial charge in [-0.3, -0.25) is 9.78 Å². The van der Waals surface area contributed by atoms with Gasteiger partial charge in [-0.1, -0.05) is 31.4 Å². The number of alkyl halides is 3. The Labute approximate surface area is 154 Å². The molecular weight excluding hydrogens is 367 g/mol. The molecule has 2 N–H and O–H groups in total. The summed E-state index contributed by atoms with van der Waals surface area (Å²) >= 11 is 5.61. The molecule has 4 nitrogen and oxygen atoms in total. The number of halogens is 4. The predicted octanol–water partition coefficient (Wildman–Crippen LogP) is 5.42. The van der Waals surface area contributed by atoms with Crippen molar-refractivity contribution in [1.29, 1.82) is 0 Å². The largest absolute Gasteiger partial charge is 0.417 e. The van der Waals surface area contributed by atoms with E-state index in [1.54, 1.807) is 0 Å². The lowest BCUT2D eigenvalue weighted by molar-refractivity contribution is -0.137. The SMILES string of the molecule is CCCCCNC(=O)c1cncc(Nc2ccc(Cl)c(C(F)(F)F)c2)c1. The van der Waals surface area contributed by atoms with Crippen LogP contribution in [0.15, 0.2) is 36.7 Å². The summed E-state index contributed by atoms with van der Waals surface area (Å²) in [7, 11) is 0. The summed E-state index contributed by atoms with van der Waals surface area (Å²) in [5.41, 5.74) is 0.00383. The first-order chi connectivity index (χ1) is 12.3. The number of carbonyl (C=O) groups excluding carboxylic acids is 1. The molecule has 0 atom stereocenters. The van der Waals surface area contributed by atoms with E-state index >= 15 is 0 Å². The minimum Gasteiger partial charge on any atom is -0.354 e. The third kappa shape index (κ3) is 5.62. The zero-order valence-electron chi connectivity index (χ0n) is 14.2. The highest BCUT2D eigenvalue weighted by molar-refractivity contribution is 6.31. The maximum Gasteiger partial charge on any atom is 0.417 e. The van der Waals surface area contributed by atoms with Crippen molar-refractivity contribution in [3.05, 3.63) is 52.8 Å². The van der Waals surface area contributed by atoms with Gasteiger partial charge in [-0.15, -0.1) is 0 Å². The molecule has 0 aliphatic carbocycles. The van der Waals surface area contributed by atoms with Crippen LogP contribution >= 0.6 is 11.6 Å². The summed E-state index contributed by atoms with van der Waals surface area (Å²) in [5.74, 6) is -0.274. The number of hydrogen-bond donors (Lipinski definition) is 2. The number of unbranched alkanes of at least 4 members (excludes halogenated alkanes) is 2. The second-order valence-electron chi connectivity index (χ2n) is 5.74. The molecule has 140 valence electrons. The van der Waals surface area contributed by atoms with Crippen molar-refractivity contribution in [3.8, 4) is 0 Å². The molecule has 8 heteroatoms. The molecule has 0 spiro atoms. The highest BCUT2D eigenvalue weighted by Crippen LogP contribution is 2.36. The summed E-state index contributed by atoms with van der Waals surface area (Å²) in [5, 5.41) is 5.23. The van der Waals surface area contributed by atoms with E-state index in [1.165, 1.54) is 30.6 Å². The molecule has 0 bridgehead atoms. The van der Waals surface area contributed by atoms with Crippen LogP contribution in [0.2, 0.25) is 5.02 Å². The van der Waals surface area contributed by atoms with Gasteiger partial charge in [-0.2, -0.15) is 13.2 Å². The van der Waals surface area contributed by atoms with Gasteiger partial charge < -0.3 is 10.6 Å². The molecule has 0 aliphatic rings. The summed E-state index contributed by atoms with van der Waals surface area (Å²) in [6.45, 7) is 2.64. The van der Waals surface area contributed by atoms with Crippen LogP contribution in [-0.4, -0.2) is 17.4 Å². The van der Waals surface area contributed by atoms with Gasteiger partial charge in [0.15, 0.2) is 0 Å². The predicted molar refractivity (Wildman–Crippen MR) is 95.8 cm³/mol. The van der Waals surface area contributed by atoms with Crippen molar-refractivity contribution in [2.75, 3.05) is 11.9 Å². The molecular formula is C18H19ClF3N3O. The fourth-order valence-electron chi connectivity index (χ4n) is 2.30. The molecule has 0 unspecified atom stereocenters. The van der Waals surface area contributed by atoms with Crippen molar-refractivity contribution in [1.82, 2.24) is 10.3 Å². The molecule has 1 aromatic heterocycles. The second kappa shape index (κ2) is 8.89. The minimum absolute atomic E-state index is 0.198. The number of amides is 1. The van der Waals surface area contributed by atoms with E-state index in [9.17, 15) is 18.0 Å². The normalized spacial score (nSPS) is 11.3. The van der Waals surface area contributed by atoms with Crippen LogP contribution in [0.3, 0.4) is 0 Å². The number of hydrogen-bond acceptors (Lipinski definition) is 3. The number of rotatable bonds is 7. The van der Waals surface area contributed by atoms with E-state index < -0.39 is 11.7 Å². The number of aromatic nitrogens is 1. The molecule has 2 aromatic rings. The number of nitrogens with one attached hydrogen (secondary N) is 2. The first-order valence-electron chi connectivity index (χ1n) is 8.18. The van der Waals surface area contributed by atoms with Crippen LogP contribution in [0, 0.1) is 0 Å². The van der Waals surface area contributed by atoms with E-state index in [2.05, 4.69) is 22.5 Å². The van der Waals surface area contributed by atoms with E-state index in [0.717, 1.165) is 25.3 Å². The topological polar surface area (TPSA) is 54.0 Å². The maximum atomic E-state index is 12.9. The Balaban J connectivity index is 2.10. The third-order valence-electron chi connectivity index (χ3n) is 3.63. The molecule has 0 radical (unpaired) electrons. The van der Waals surface area contributed by atoms with Gasteiger partial charge in [-0.25, -0.2) is 0 Å². The average Bonchev–Trinajstić information content (AvgIpc) is 2.59. The number of benzene rings is 1. The Morgan fingerprint density at radius 1 is 1.15 bits per heavy atom. The molecule has 0 fully saturated rings. The molecule has 1 heterocycles. The first kappa shape index (κ1) is 20.0. The van der Waals surface area contributed by atoms with Crippen molar-refractivity contribution < 1.29 is 18.0 Å². The number of anilines is 2. The summed E-state index contributed by atoms with van der Waals surface area (Å²) in [6.07, 6.45) is 1.25. The molecule has 26 heavy (non-hydrogen) atoms. The molecule has 0 aliphatic heterocycles. The zero-order chi connectivity index (χ0) is 19.2. The monoisotopic (exact) mass is 385 g/mol. The van der Waals surface area contributed by atoms with Crippen LogP contribution in [-0.2, 0) is 6.18 Å². The Morgan fingerprint density at radius 3 is 2.62 bits per heavy atom. The lowest BCUT2D eigenvalue weighted by atomic mass is 10.2. The molecule has 0 saturated heterocycles. The van der Waals surface area contributed by atoms with E-state index in [1.807, 2.05) is 0 Å². The summed E-state index contributed by atoms with van der Waals surface area (Å²) in [4.78, 5) is 16.1. The fraction of sp³-hybridized carbons (Fsp3) is 0.333. The van der Waals surface area contributed by atoms with E-state index in [-0.39, 0.29) is 16.6 Å². The van der Waals surface area contributed by atoms with Crippen LogP contribution in [0.5, 0.6) is 0 Å². The second-order valence-corrected chi connectivity index (χ2v) is 6.15. The van der Waals surface area contributed by atoms with Gasteiger partial charge in [0.1, 0.15) is 0 Å². The van der Waals surface area contributed by atoms with Crippen molar-refractivity contribution in [3.63, 3.8) is 0 Å². The van der Waals surface area contributed by atoms with E-state index in [4.69, 9.17) is 11.6 Å². The summed E-state index contributed by atoms with van der Waals surface area (Å²) in [6, 6.07) is 5.04. The van der Waals surface area contributed by atoms with Crippen molar-refractivity contribution in [2.45, 2.75) is 32.4 Å². The van der Waals surface area contributed by atoms with Crippen molar-refractivity contribution >= 4 is 28.9 Å². The van der Waals surface area contributed by atoms with Crippen molar-refractivity contribution in [2.24, 2.45) is 0 Å². The Hall–Kier alpha value is -2.28. The number of carbonyl (C=O) groups is 1. The molecule has 1 amide bonds. The average molecular weight is 386 g/mol. The van der Waals surface area contributed by atoms with Gasteiger partial charge in [0, 0.05) is 18.4 Å². The van der Waals surface area contributed by atoms with Gasteiger partial charge in [0.2, 0.25) is 0 Å². The minimum atomic E-state index is -4.55. The first-order valence-corrected chi connectivity index (χ1v) is 8.56. The number of nitrogens with zero attached hydrogens (tertiary/aromatic N) is 1. The maximum absolute atomic E-state index is 12.9. The molecule has 2 rings (SSSR count). The van der Waals surface area contributed by atoms with Gasteiger partial charge in [-0.05, 0) is 30.7 Å². The smallest absolute Gasteiger partial charge is 0.354 e. The third-order valence-corrected chi connectivity index (χ3v) is 3.96. The van der Waals surface area contributed by atoms with Gasteiger partial charge in [0.05, 0.1) is 28.0 Å². The molecule has 1 aromatic carbocycles. The van der Waals surface area contributed by atoms with Crippen LogP contribution in [0.4, 0.5) is 24.5 Å². The lowest BCUT2D eigenvalue weighted by Gasteiger charge is -2.13. The Kier molecular flexibility index (Phi) is 6.85. The number of pyridine rings is 1. The zero-order valence-corrected chi connectivity index (χ0v) is 14.9. The van der Waals surface area contributed by atoms with Gasteiger partial charge in [0.25, 0.3) is 5.91 Å².